The number of ether oxygens (including phenoxy) is 2. The molecule has 2 saturated heterocycles. The van der Waals surface area contributed by atoms with Gasteiger partial charge in [0, 0.05) is 61.9 Å². The summed E-state index contributed by atoms with van der Waals surface area (Å²) in [5, 5.41) is 6.97. The Morgan fingerprint density at radius 2 is 2.00 bits per heavy atom. The van der Waals surface area contributed by atoms with Crippen molar-refractivity contribution in [3.05, 3.63) is 22.0 Å². The predicted octanol–water partition coefficient (Wildman–Crippen LogP) is 3.59. The smallest absolute Gasteiger partial charge is 0.224 e. The van der Waals surface area contributed by atoms with Crippen LogP contribution in [0.3, 0.4) is 0 Å². The average molecular weight is 510 g/mol. The molecule has 10 heteroatoms. The van der Waals surface area contributed by atoms with Crippen LogP contribution in [0.5, 0.6) is 0 Å². The third-order valence-corrected chi connectivity index (χ3v) is 7.04. The van der Waals surface area contributed by atoms with E-state index in [0.29, 0.717) is 18.9 Å². The van der Waals surface area contributed by atoms with Crippen LogP contribution < -0.4 is 4.90 Å². The molecule has 8 nitrogen and oxygen atoms in total. The summed E-state index contributed by atoms with van der Waals surface area (Å²) in [5.41, 5.74) is 1.75. The average Bonchev–Trinajstić information content (AvgIpc) is 3.23. The number of aryl methyl sites for hydroxylation is 1. The lowest BCUT2D eigenvalue weighted by molar-refractivity contribution is -0.0747. The highest BCUT2D eigenvalue weighted by Crippen LogP contribution is 2.41. The van der Waals surface area contributed by atoms with E-state index in [9.17, 15) is 0 Å². The Labute approximate surface area is 194 Å². The minimum absolute atomic E-state index is 0.132. The topological polar surface area (TPSA) is 68.5 Å². The van der Waals surface area contributed by atoms with Crippen LogP contribution in [0.25, 0.3) is 21.8 Å². The highest BCUT2D eigenvalue weighted by molar-refractivity contribution is 9.10. The second-order valence-corrected chi connectivity index (χ2v) is 9.72. The molecule has 3 aromatic rings. The molecule has 0 aliphatic carbocycles. The summed E-state index contributed by atoms with van der Waals surface area (Å²) < 4.78 is 13.5. The van der Waals surface area contributed by atoms with E-state index in [0.717, 1.165) is 64.6 Å². The molecular weight excluding hydrogens is 484 g/mol. The Bertz CT molecular complexity index is 1110. The van der Waals surface area contributed by atoms with Crippen LogP contribution >= 0.6 is 27.5 Å². The minimum atomic E-state index is 0.132. The molecule has 166 valence electrons. The number of fused-ring (bicyclic) bond motifs is 5. The SMILES string of the molecule is COCOC(C)CN1CC2CCC(C1)N2c1nc(Cl)nc2cc(Br)c3nn(C)cc3c12. The number of piperazine rings is 1. The molecule has 0 saturated carbocycles. The first-order valence-corrected chi connectivity index (χ1v) is 11.7. The van der Waals surface area contributed by atoms with Gasteiger partial charge in [0.1, 0.15) is 18.1 Å². The first kappa shape index (κ1) is 21.3. The van der Waals surface area contributed by atoms with Crippen LogP contribution in [0.4, 0.5) is 5.82 Å². The van der Waals surface area contributed by atoms with E-state index >= 15 is 0 Å². The fourth-order valence-electron chi connectivity index (χ4n) is 5.11. The van der Waals surface area contributed by atoms with Crippen LogP contribution in [0.2, 0.25) is 5.28 Å². The number of anilines is 1. The van der Waals surface area contributed by atoms with E-state index in [1.54, 1.807) is 7.11 Å². The Kier molecular flexibility index (Phi) is 5.81. The molecule has 3 unspecified atom stereocenters. The van der Waals surface area contributed by atoms with Crippen molar-refractivity contribution in [1.29, 1.82) is 0 Å². The van der Waals surface area contributed by atoms with Gasteiger partial charge in [0.2, 0.25) is 5.28 Å². The maximum Gasteiger partial charge on any atom is 0.224 e. The van der Waals surface area contributed by atoms with Crippen molar-refractivity contribution in [2.24, 2.45) is 7.05 Å². The van der Waals surface area contributed by atoms with E-state index in [1.165, 1.54) is 0 Å². The molecule has 2 aromatic heterocycles. The number of likely N-dealkylation sites (tertiary alicyclic amines) is 1. The van der Waals surface area contributed by atoms with Gasteiger partial charge in [-0.3, -0.25) is 9.58 Å². The van der Waals surface area contributed by atoms with Crippen LogP contribution in [0, 0.1) is 0 Å². The highest BCUT2D eigenvalue weighted by Gasteiger charge is 2.42. The van der Waals surface area contributed by atoms with Crippen molar-refractivity contribution in [2.45, 2.75) is 38.0 Å². The number of hydrogen-bond acceptors (Lipinski definition) is 7. The summed E-state index contributed by atoms with van der Waals surface area (Å²) in [7, 11) is 3.59. The number of methoxy groups -OCH3 is 1. The molecule has 3 atom stereocenters. The molecule has 0 radical (unpaired) electrons. The number of hydrogen-bond donors (Lipinski definition) is 0. The first-order chi connectivity index (χ1) is 14.9. The molecule has 2 fully saturated rings. The summed E-state index contributed by atoms with van der Waals surface area (Å²) in [6.45, 7) is 5.29. The maximum absolute atomic E-state index is 6.39. The van der Waals surface area contributed by atoms with Gasteiger partial charge >= 0.3 is 0 Å². The van der Waals surface area contributed by atoms with E-state index < -0.39 is 0 Å². The van der Waals surface area contributed by atoms with Crippen molar-refractivity contribution in [1.82, 2.24) is 24.6 Å². The largest absolute Gasteiger partial charge is 0.359 e. The van der Waals surface area contributed by atoms with Gasteiger partial charge in [-0.05, 0) is 53.4 Å². The summed E-state index contributed by atoms with van der Waals surface area (Å²) in [5.74, 6) is 0.927. The van der Waals surface area contributed by atoms with Crippen LogP contribution in [0.15, 0.2) is 16.7 Å². The molecule has 0 spiro atoms. The molecule has 5 rings (SSSR count). The van der Waals surface area contributed by atoms with Gasteiger partial charge in [-0.15, -0.1) is 0 Å². The van der Waals surface area contributed by atoms with Gasteiger partial charge in [-0.2, -0.15) is 10.1 Å². The second-order valence-electron chi connectivity index (χ2n) is 8.53. The number of rotatable bonds is 6. The van der Waals surface area contributed by atoms with Crippen molar-refractivity contribution in [2.75, 3.05) is 38.4 Å². The molecule has 0 N–H and O–H groups in total. The summed E-state index contributed by atoms with van der Waals surface area (Å²) in [6, 6.07) is 2.77. The molecule has 2 aliphatic heterocycles. The zero-order valence-electron chi connectivity index (χ0n) is 17.9. The Balaban J connectivity index is 1.51. The summed E-state index contributed by atoms with van der Waals surface area (Å²) in [6.07, 6.45) is 4.46. The third kappa shape index (κ3) is 3.91. The number of nitrogens with zero attached hydrogens (tertiary/aromatic N) is 6. The lowest BCUT2D eigenvalue weighted by atomic mass is 10.1. The van der Waals surface area contributed by atoms with Crippen molar-refractivity contribution >= 4 is 55.2 Å². The van der Waals surface area contributed by atoms with E-state index in [-0.39, 0.29) is 11.4 Å². The number of benzene rings is 1. The normalized spacial score (nSPS) is 22.7. The van der Waals surface area contributed by atoms with Crippen LogP contribution in [-0.2, 0) is 16.5 Å². The number of aromatic nitrogens is 4. The van der Waals surface area contributed by atoms with E-state index in [4.69, 9.17) is 26.1 Å². The van der Waals surface area contributed by atoms with Crippen LogP contribution in [-0.4, -0.2) is 76.4 Å². The van der Waals surface area contributed by atoms with E-state index in [2.05, 4.69) is 42.7 Å². The zero-order valence-corrected chi connectivity index (χ0v) is 20.2. The Morgan fingerprint density at radius 3 is 2.71 bits per heavy atom. The monoisotopic (exact) mass is 508 g/mol. The lowest BCUT2D eigenvalue weighted by Gasteiger charge is -2.42. The molecule has 0 amide bonds. The van der Waals surface area contributed by atoms with Gasteiger partial charge in [-0.25, -0.2) is 4.98 Å². The molecule has 2 aliphatic rings. The standard InChI is InChI=1S/C21H26BrClN6O2/c1-12(31-11-30-3)7-28-8-13-4-5-14(9-28)29(13)20-18-15-10-27(2)26-19(15)16(22)6-17(18)24-21(23)25-20/h6,10,12-14H,4-5,7-9,11H2,1-3H3. The molecule has 4 heterocycles. The van der Waals surface area contributed by atoms with Crippen molar-refractivity contribution in [3.8, 4) is 0 Å². The Hall–Kier alpha value is -1.52. The van der Waals surface area contributed by atoms with E-state index in [1.807, 2.05) is 24.0 Å². The van der Waals surface area contributed by atoms with Crippen LogP contribution in [0.1, 0.15) is 19.8 Å². The van der Waals surface area contributed by atoms with Gasteiger partial charge in [-0.1, -0.05) is 0 Å². The maximum atomic E-state index is 6.39. The molecule has 31 heavy (non-hydrogen) atoms. The highest BCUT2D eigenvalue weighted by atomic mass is 79.9. The zero-order chi connectivity index (χ0) is 21.7. The second kappa shape index (κ2) is 8.44. The van der Waals surface area contributed by atoms with Gasteiger partial charge in [0.25, 0.3) is 0 Å². The first-order valence-electron chi connectivity index (χ1n) is 10.5. The quantitative estimate of drug-likeness (QED) is 0.371. The Morgan fingerprint density at radius 1 is 1.26 bits per heavy atom. The fourth-order valence-corrected chi connectivity index (χ4v) is 5.79. The van der Waals surface area contributed by atoms with Gasteiger partial charge in [0.05, 0.1) is 17.0 Å². The molecular formula is C21H26BrClN6O2. The summed E-state index contributed by atoms with van der Waals surface area (Å²) >= 11 is 10.0. The fraction of sp³-hybridized carbons (Fsp3) is 0.571. The third-order valence-electron chi connectivity index (χ3n) is 6.27. The lowest BCUT2D eigenvalue weighted by Crippen LogP contribution is -2.55. The minimum Gasteiger partial charge on any atom is -0.359 e. The van der Waals surface area contributed by atoms with Gasteiger partial charge in [0.15, 0.2) is 0 Å². The predicted molar refractivity (Wildman–Crippen MR) is 125 cm³/mol. The van der Waals surface area contributed by atoms with Crippen molar-refractivity contribution < 1.29 is 9.47 Å². The number of halogens is 2. The molecule has 2 bridgehead atoms. The van der Waals surface area contributed by atoms with Crippen molar-refractivity contribution in [3.63, 3.8) is 0 Å². The van der Waals surface area contributed by atoms with Gasteiger partial charge < -0.3 is 14.4 Å². The molecule has 1 aromatic carbocycles. The summed E-state index contributed by atoms with van der Waals surface area (Å²) in [4.78, 5) is 14.3.